The van der Waals surface area contributed by atoms with Crippen LogP contribution in [0.5, 0.6) is 0 Å². The van der Waals surface area contributed by atoms with Gasteiger partial charge in [-0.2, -0.15) is 5.10 Å². The summed E-state index contributed by atoms with van der Waals surface area (Å²) in [6.45, 7) is 0.354. The summed E-state index contributed by atoms with van der Waals surface area (Å²) in [4.78, 5) is 25.7. The predicted octanol–water partition coefficient (Wildman–Crippen LogP) is 4.47. The van der Waals surface area contributed by atoms with Crippen molar-refractivity contribution >= 4 is 58.1 Å². The Kier molecular flexibility index (Phi) is 4.13. The summed E-state index contributed by atoms with van der Waals surface area (Å²) in [6.07, 6.45) is 1.61. The fourth-order valence-corrected chi connectivity index (χ4v) is 4.54. The van der Waals surface area contributed by atoms with Crippen LogP contribution >= 0.6 is 34.8 Å². The van der Waals surface area contributed by atoms with E-state index in [4.69, 9.17) is 34.8 Å². The molecule has 2 aromatic carbocycles. The van der Waals surface area contributed by atoms with Crippen LogP contribution in [-0.2, 0) is 21.5 Å². The average Bonchev–Trinajstić information content (AvgIpc) is 3.19. The third-order valence-electron chi connectivity index (χ3n) is 5.38. The molecule has 146 valence electrons. The molecule has 0 aliphatic carbocycles. The van der Waals surface area contributed by atoms with Crippen LogP contribution in [0.15, 0.2) is 42.6 Å². The average molecular weight is 448 g/mol. The Morgan fingerprint density at radius 2 is 1.83 bits per heavy atom. The number of anilines is 2. The van der Waals surface area contributed by atoms with Gasteiger partial charge in [0.15, 0.2) is 0 Å². The molecule has 2 N–H and O–H groups in total. The SMILES string of the molecule is O=C1CC2(C(=O)Nc3ccc(Cl)cc32)c2cnn(Cc3ccc(Cl)c(Cl)c3)c2N1. The summed E-state index contributed by atoms with van der Waals surface area (Å²) in [5, 5.41) is 11.6. The zero-order chi connectivity index (χ0) is 20.3. The Labute approximate surface area is 180 Å². The Morgan fingerprint density at radius 1 is 1.00 bits per heavy atom. The first-order chi connectivity index (χ1) is 13.9. The first kappa shape index (κ1) is 18.5. The smallest absolute Gasteiger partial charge is 0.240 e. The van der Waals surface area contributed by atoms with Crippen LogP contribution in [0.4, 0.5) is 11.5 Å². The molecule has 5 rings (SSSR count). The van der Waals surface area contributed by atoms with Gasteiger partial charge in [-0.05, 0) is 41.5 Å². The van der Waals surface area contributed by atoms with E-state index < -0.39 is 5.41 Å². The van der Waals surface area contributed by atoms with Gasteiger partial charge in [-0.1, -0.05) is 40.9 Å². The van der Waals surface area contributed by atoms with Gasteiger partial charge in [0.05, 0.1) is 22.8 Å². The van der Waals surface area contributed by atoms with Crippen LogP contribution in [0.25, 0.3) is 0 Å². The van der Waals surface area contributed by atoms with Crippen molar-refractivity contribution in [2.45, 2.75) is 18.4 Å². The molecule has 1 atom stereocenters. The summed E-state index contributed by atoms with van der Waals surface area (Å²) in [7, 11) is 0. The third kappa shape index (κ3) is 2.74. The Morgan fingerprint density at radius 3 is 2.62 bits per heavy atom. The van der Waals surface area contributed by atoms with Crippen molar-refractivity contribution in [2.75, 3.05) is 10.6 Å². The van der Waals surface area contributed by atoms with Crippen molar-refractivity contribution < 1.29 is 9.59 Å². The van der Waals surface area contributed by atoms with Gasteiger partial charge in [-0.3, -0.25) is 9.59 Å². The van der Waals surface area contributed by atoms with Crippen LogP contribution < -0.4 is 10.6 Å². The standard InChI is InChI=1S/C20H13Cl3N4O2/c21-11-2-4-16-12(6-11)20(19(29)25-16)7-17(28)26-18-13(20)8-24-27(18)9-10-1-3-14(22)15(23)5-10/h1-6,8H,7,9H2,(H,25,29)(H,26,28). The number of hydrogen-bond acceptors (Lipinski definition) is 3. The van der Waals surface area contributed by atoms with Gasteiger partial charge < -0.3 is 10.6 Å². The zero-order valence-electron chi connectivity index (χ0n) is 14.8. The van der Waals surface area contributed by atoms with E-state index in [1.165, 1.54) is 0 Å². The lowest BCUT2D eigenvalue weighted by molar-refractivity contribution is -0.125. The Balaban J connectivity index is 1.64. The van der Waals surface area contributed by atoms with E-state index in [2.05, 4.69) is 15.7 Å². The zero-order valence-corrected chi connectivity index (χ0v) is 17.1. The number of carbonyl (C=O) groups is 2. The molecule has 2 amide bonds. The maximum atomic E-state index is 13.1. The van der Waals surface area contributed by atoms with E-state index in [9.17, 15) is 9.59 Å². The van der Waals surface area contributed by atoms with Gasteiger partial charge in [-0.15, -0.1) is 0 Å². The van der Waals surface area contributed by atoms with E-state index in [0.29, 0.717) is 44.2 Å². The van der Waals surface area contributed by atoms with Crippen molar-refractivity contribution in [1.29, 1.82) is 0 Å². The van der Waals surface area contributed by atoms with Crippen molar-refractivity contribution in [3.63, 3.8) is 0 Å². The minimum atomic E-state index is -1.16. The summed E-state index contributed by atoms with van der Waals surface area (Å²) in [5.74, 6) is -0.0494. The van der Waals surface area contributed by atoms with Gasteiger partial charge >= 0.3 is 0 Å². The van der Waals surface area contributed by atoms with Crippen LogP contribution in [0, 0.1) is 0 Å². The van der Waals surface area contributed by atoms with E-state index in [1.807, 2.05) is 6.07 Å². The molecule has 9 heteroatoms. The van der Waals surface area contributed by atoms with Crippen molar-refractivity contribution in [1.82, 2.24) is 9.78 Å². The minimum Gasteiger partial charge on any atom is -0.325 e. The molecule has 2 aliphatic heterocycles. The van der Waals surface area contributed by atoms with Crippen LogP contribution in [0.3, 0.4) is 0 Å². The van der Waals surface area contributed by atoms with Crippen LogP contribution in [-0.4, -0.2) is 21.6 Å². The summed E-state index contributed by atoms with van der Waals surface area (Å²) < 4.78 is 1.64. The fraction of sp³-hybridized carbons (Fsp3) is 0.150. The van der Waals surface area contributed by atoms with E-state index in [-0.39, 0.29) is 18.2 Å². The molecule has 0 fully saturated rings. The van der Waals surface area contributed by atoms with Gasteiger partial charge in [-0.25, -0.2) is 4.68 Å². The van der Waals surface area contributed by atoms with Crippen LogP contribution in [0.1, 0.15) is 23.1 Å². The first-order valence-corrected chi connectivity index (χ1v) is 9.93. The van der Waals surface area contributed by atoms with Crippen LogP contribution in [0.2, 0.25) is 15.1 Å². The number of rotatable bonds is 2. The molecule has 0 bridgehead atoms. The highest BCUT2D eigenvalue weighted by atomic mass is 35.5. The topological polar surface area (TPSA) is 76.0 Å². The number of aromatic nitrogens is 2. The molecule has 1 spiro atoms. The van der Waals surface area contributed by atoms with Gasteiger partial charge in [0.1, 0.15) is 11.2 Å². The number of amides is 2. The molecular weight excluding hydrogens is 435 g/mol. The maximum Gasteiger partial charge on any atom is 0.240 e. The molecule has 1 aromatic heterocycles. The summed E-state index contributed by atoms with van der Waals surface area (Å²) in [6, 6.07) is 10.5. The Bertz CT molecular complexity index is 1210. The second-order valence-corrected chi connectivity index (χ2v) is 8.34. The van der Waals surface area contributed by atoms with Crippen molar-refractivity contribution in [3.8, 4) is 0 Å². The molecule has 0 saturated carbocycles. The second-order valence-electron chi connectivity index (χ2n) is 7.09. The van der Waals surface area contributed by atoms with Gasteiger partial charge in [0, 0.05) is 22.7 Å². The number of benzene rings is 2. The third-order valence-corrected chi connectivity index (χ3v) is 6.35. The van der Waals surface area contributed by atoms with E-state index >= 15 is 0 Å². The number of carbonyl (C=O) groups excluding carboxylic acids is 2. The molecule has 1 unspecified atom stereocenters. The fourth-order valence-electron chi connectivity index (χ4n) is 4.05. The quantitative estimate of drug-likeness (QED) is 0.608. The number of halogens is 3. The van der Waals surface area contributed by atoms with Gasteiger partial charge in [0.25, 0.3) is 0 Å². The van der Waals surface area contributed by atoms with E-state index in [0.717, 1.165) is 5.56 Å². The molecule has 0 saturated heterocycles. The van der Waals surface area contributed by atoms with Gasteiger partial charge in [0.2, 0.25) is 11.8 Å². The molecule has 3 aromatic rings. The minimum absolute atomic E-state index is 0.0162. The number of hydrogen-bond donors (Lipinski definition) is 2. The highest BCUT2D eigenvalue weighted by molar-refractivity contribution is 6.42. The molecule has 0 radical (unpaired) electrons. The number of nitrogens with one attached hydrogen (secondary N) is 2. The molecule has 2 aliphatic rings. The molecule has 6 nitrogen and oxygen atoms in total. The molecular formula is C20H13Cl3N4O2. The number of nitrogens with zero attached hydrogens (tertiary/aromatic N) is 2. The number of fused-ring (bicyclic) bond motifs is 4. The summed E-state index contributed by atoms with van der Waals surface area (Å²) in [5.41, 5.74) is 1.67. The lowest BCUT2D eigenvalue weighted by atomic mass is 9.72. The lowest BCUT2D eigenvalue weighted by Crippen LogP contribution is -2.43. The lowest BCUT2D eigenvalue weighted by Gasteiger charge is -2.31. The first-order valence-electron chi connectivity index (χ1n) is 8.80. The molecule has 3 heterocycles. The summed E-state index contributed by atoms with van der Waals surface area (Å²) >= 11 is 18.3. The highest BCUT2D eigenvalue weighted by Crippen LogP contribution is 2.50. The normalized spacial score (nSPS) is 19.7. The highest BCUT2D eigenvalue weighted by Gasteiger charge is 2.54. The molecule has 29 heavy (non-hydrogen) atoms. The predicted molar refractivity (Wildman–Crippen MR) is 112 cm³/mol. The van der Waals surface area contributed by atoms with Crippen molar-refractivity contribution in [2.24, 2.45) is 0 Å². The second kappa shape index (κ2) is 6.49. The maximum absolute atomic E-state index is 13.1. The van der Waals surface area contributed by atoms with E-state index in [1.54, 1.807) is 41.2 Å². The van der Waals surface area contributed by atoms with Crippen molar-refractivity contribution in [3.05, 3.63) is 74.4 Å². The monoisotopic (exact) mass is 446 g/mol. The Hall–Kier alpha value is -2.54. The largest absolute Gasteiger partial charge is 0.325 e.